The van der Waals surface area contributed by atoms with Crippen molar-refractivity contribution >= 4 is 23.3 Å². The van der Waals surface area contributed by atoms with Crippen LogP contribution >= 0.6 is 0 Å². The minimum Gasteiger partial charge on any atom is -0.454 e. The zero-order chi connectivity index (χ0) is 19.0. The molecule has 7 nitrogen and oxygen atoms in total. The van der Waals surface area contributed by atoms with Gasteiger partial charge in [-0.15, -0.1) is 0 Å². The van der Waals surface area contributed by atoms with Crippen molar-refractivity contribution in [3.63, 3.8) is 0 Å². The molecule has 2 aromatic carbocycles. The number of nitrogens with zero attached hydrogens (tertiary/aromatic N) is 2. The Kier molecular flexibility index (Phi) is 4.27. The van der Waals surface area contributed by atoms with Crippen molar-refractivity contribution < 1.29 is 27.8 Å². The van der Waals surface area contributed by atoms with Gasteiger partial charge in [-0.3, -0.25) is 9.69 Å². The first-order valence-electron chi connectivity index (χ1n) is 8.22. The van der Waals surface area contributed by atoms with Crippen LogP contribution in [-0.4, -0.2) is 43.3 Å². The van der Waals surface area contributed by atoms with Gasteiger partial charge in [0, 0.05) is 36.6 Å². The summed E-state index contributed by atoms with van der Waals surface area (Å²) in [5.41, 5.74) is 0.769. The van der Waals surface area contributed by atoms with Gasteiger partial charge in [0.25, 0.3) is 0 Å². The van der Waals surface area contributed by atoms with Gasteiger partial charge in [-0.1, -0.05) is 0 Å². The largest absolute Gasteiger partial charge is 0.454 e. The van der Waals surface area contributed by atoms with Crippen molar-refractivity contribution in [2.75, 3.05) is 36.6 Å². The fourth-order valence-corrected chi connectivity index (χ4v) is 2.97. The molecule has 0 atom stereocenters. The zero-order valence-corrected chi connectivity index (χ0v) is 14.1. The molecule has 1 saturated heterocycles. The summed E-state index contributed by atoms with van der Waals surface area (Å²) in [6.45, 7) is 0.720. The van der Waals surface area contributed by atoms with Crippen LogP contribution in [0, 0.1) is 11.6 Å². The average molecular weight is 375 g/mol. The second-order valence-corrected chi connectivity index (χ2v) is 6.07. The van der Waals surface area contributed by atoms with Crippen LogP contribution in [0.4, 0.5) is 25.0 Å². The van der Waals surface area contributed by atoms with E-state index in [2.05, 4.69) is 5.32 Å². The Balaban J connectivity index is 1.40. The van der Waals surface area contributed by atoms with Gasteiger partial charge in [-0.25, -0.2) is 13.6 Å². The molecule has 2 heterocycles. The molecule has 0 spiro atoms. The van der Waals surface area contributed by atoms with E-state index in [0.29, 0.717) is 30.3 Å². The average Bonchev–Trinajstić information content (AvgIpc) is 3.24. The highest BCUT2D eigenvalue weighted by atomic mass is 19.2. The quantitative estimate of drug-likeness (QED) is 0.892. The first-order chi connectivity index (χ1) is 13.0. The molecule has 2 aliphatic rings. The van der Waals surface area contributed by atoms with Crippen LogP contribution in [0.2, 0.25) is 0 Å². The van der Waals surface area contributed by atoms with Crippen molar-refractivity contribution in [3.05, 3.63) is 48.0 Å². The minimum atomic E-state index is -1.06. The summed E-state index contributed by atoms with van der Waals surface area (Å²) in [5.74, 6) is -1.37. The number of halogens is 2. The molecular weight excluding hydrogens is 360 g/mol. The fourth-order valence-electron chi connectivity index (χ4n) is 2.97. The highest BCUT2D eigenvalue weighted by molar-refractivity contribution is 5.99. The van der Waals surface area contributed by atoms with E-state index in [4.69, 9.17) is 9.47 Å². The van der Waals surface area contributed by atoms with Crippen molar-refractivity contribution in [1.29, 1.82) is 0 Å². The molecule has 2 aliphatic heterocycles. The van der Waals surface area contributed by atoms with Gasteiger partial charge >= 0.3 is 6.03 Å². The van der Waals surface area contributed by atoms with Crippen LogP contribution in [0.25, 0.3) is 0 Å². The highest BCUT2D eigenvalue weighted by Gasteiger charge is 2.31. The van der Waals surface area contributed by atoms with E-state index >= 15 is 0 Å². The topological polar surface area (TPSA) is 71.1 Å². The van der Waals surface area contributed by atoms with Gasteiger partial charge in [0.05, 0.1) is 0 Å². The number of hydrogen-bond donors (Lipinski definition) is 1. The first kappa shape index (κ1) is 17.1. The van der Waals surface area contributed by atoms with Crippen molar-refractivity contribution in [2.45, 2.75) is 0 Å². The number of hydrogen-bond acceptors (Lipinski definition) is 4. The van der Waals surface area contributed by atoms with E-state index < -0.39 is 17.5 Å². The maximum atomic E-state index is 13.2. The predicted octanol–water partition coefficient (Wildman–Crippen LogP) is 2.57. The number of carbonyl (C=O) groups excluding carboxylic acids is 2. The molecule has 0 aliphatic carbocycles. The van der Waals surface area contributed by atoms with Gasteiger partial charge in [-0.05, 0) is 24.3 Å². The maximum Gasteiger partial charge on any atom is 0.325 e. The van der Waals surface area contributed by atoms with Crippen LogP contribution in [0.5, 0.6) is 11.5 Å². The number of benzene rings is 2. The summed E-state index contributed by atoms with van der Waals surface area (Å²) in [5, 5.41) is 2.45. The number of rotatable bonds is 4. The molecule has 1 N–H and O–H groups in total. The summed E-state index contributed by atoms with van der Waals surface area (Å²) < 4.78 is 36.7. The Morgan fingerprint density at radius 1 is 1.04 bits per heavy atom. The molecule has 4 rings (SSSR count). The van der Waals surface area contributed by atoms with Crippen LogP contribution in [0.1, 0.15) is 0 Å². The smallest absolute Gasteiger partial charge is 0.325 e. The molecule has 0 unspecified atom stereocenters. The summed E-state index contributed by atoms with van der Waals surface area (Å²) in [6.07, 6.45) is 0. The molecule has 3 amide bonds. The lowest BCUT2D eigenvalue weighted by atomic mass is 10.2. The molecule has 27 heavy (non-hydrogen) atoms. The van der Waals surface area contributed by atoms with Crippen LogP contribution < -0.4 is 19.7 Å². The van der Waals surface area contributed by atoms with E-state index in [-0.39, 0.29) is 25.1 Å². The third-order valence-corrected chi connectivity index (χ3v) is 4.30. The lowest BCUT2D eigenvalue weighted by molar-refractivity contribution is -0.116. The predicted molar refractivity (Wildman–Crippen MR) is 91.9 cm³/mol. The monoisotopic (exact) mass is 375 g/mol. The maximum absolute atomic E-state index is 13.2. The molecule has 9 heteroatoms. The number of anilines is 2. The SMILES string of the molecule is O=C(CN1CCN(c2ccc3c(c2)OCO3)C1=O)Nc1ccc(F)c(F)c1. The van der Waals surface area contributed by atoms with Crippen molar-refractivity contribution in [1.82, 2.24) is 4.90 Å². The summed E-state index contributed by atoms with van der Waals surface area (Å²) in [4.78, 5) is 27.6. The standard InChI is InChI=1S/C18H15F2N3O4/c19-13-3-1-11(7-14(13)20)21-17(24)9-22-5-6-23(18(22)25)12-2-4-15-16(8-12)27-10-26-15/h1-4,7-8H,5-6,9-10H2,(H,21,24). The van der Waals surface area contributed by atoms with Gasteiger partial charge in [0.2, 0.25) is 12.7 Å². The summed E-state index contributed by atoms with van der Waals surface area (Å²) in [6, 6.07) is 7.92. The molecule has 2 aromatic rings. The Labute approximate surface area is 153 Å². The number of urea groups is 1. The van der Waals surface area contributed by atoms with Gasteiger partial charge in [0.1, 0.15) is 6.54 Å². The number of amides is 3. The Morgan fingerprint density at radius 2 is 1.85 bits per heavy atom. The lowest BCUT2D eigenvalue weighted by Crippen LogP contribution is -2.37. The summed E-state index contributed by atoms with van der Waals surface area (Å²) >= 11 is 0. The second kappa shape index (κ2) is 6.75. The molecule has 0 radical (unpaired) electrons. The Hall–Kier alpha value is -3.36. The van der Waals surface area contributed by atoms with E-state index in [1.165, 1.54) is 15.9 Å². The molecule has 0 aromatic heterocycles. The molecule has 1 fully saturated rings. The highest BCUT2D eigenvalue weighted by Crippen LogP contribution is 2.36. The fraction of sp³-hybridized carbons (Fsp3) is 0.222. The van der Waals surface area contributed by atoms with Gasteiger partial charge < -0.3 is 19.7 Å². The van der Waals surface area contributed by atoms with Gasteiger partial charge in [0.15, 0.2) is 23.1 Å². The first-order valence-corrected chi connectivity index (χ1v) is 8.22. The van der Waals surface area contributed by atoms with E-state index in [9.17, 15) is 18.4 Å². The zero-order valence-electron chi connectivity index (χ0n) is 14.1. The number of carbonyl (C=O) groups is 2. The van der Waals surface area contributed by atoms with E-state index in [1.807, 2.05) is 0 Å². The van der Waals surface area contributed by atoms with Crippen LogP contribution in [0.15, 0.2) is 36.4 Å². The van der Waals surface area contributed by atoms with Crippen molar-refractivity contribution in [2.24, 2.45) is 0 Å². The third-order valence-electron chi connectivity index (χ3n) is 4.30. The minimum absolute atomic E-state index is 0.123. The number of fused-ring (bicyclic) bond motifs is 1. The summed E-state index contributed by atoms with van der Waals surface area (Å²) in [7, 11) is 0. The Bertz CT molecular complexity index is 921. The molecular formula is C18H15F2N3O4. The normalized spacial score (nSPS) is 15.4. The number of nitrogens with one attached hydrogen (secondary N) is 1. The molecule has 0 bridgehead atoms. The third kappa shape index (κ3) is 3.35. The second-order valence-electron chi connectivity index (χ2n) is 6.07. The van der Waals surface area contributed by atoms with Crippen molar-refractivity contribution in [3.8, 4) is 11.5 Å². The van der Waals surface area contributed by atoms with Crippen LogP contribution in [0.3, 0.4) is 0 Å². The Morgan fingerprint density at radius 3 is 2.67 bits per heavy atom. The molecule has 140 valence electrons. The van der Waals surface area contributed by atoms with Crippen LogP contribution in [-0.2, 0) is 4.79 Å². The van der Waals surface area contributed by atoms with E-state index in [0.717, 1.165) is 12.1 Å². The van der Waals surface area contributed by atoms with Gasteiger partial charge in [-0.2, -0.15) is 0 Å². The van der Waals surface area contributed by atoms with E-state index in [1.54, 1.807) is 18.2 Å². The molecule has 0 saturated carbocycles. The number of ether oxygens (including phenoxy) is 2. The lowest BCUT2D eigenvalue weighted by Gasteiger charge is -2.18.